The predicted octanol–water partition coefficient (Wildman–Crippen LogP) is 3.42. The highest BCUT2D eigenvalue weighted by molar-refractivity contribution is 5.98. The number of rotatable bonds is 2. The van der Waals surface area contributed by atoms with Crippen LogP contribution >= 0.6 is 0 Å². The smallest absolute Gasteiger partial charge is 0.416 e. The van der Waals surface area contributed by atoms with Gasteiger partial charge in [-0.2, -0.15) is 18.3 Å². The van der Waals surface area contributed by atoms with Gasteiger partial charge in [0.1, 0.15) is 17.0 Å². The maximum Gasteiger partial charge on any atom is 0.416 e. The molecule has 0 amide bonds. The molecule has 1 saturated heterocycles. The van der Waals surface area contributed by atoms with Crippen molar-refractivity contribution in [2.75, 3.05) is 18.0 Å². The Kier molecular flexibility index (Phi) is 4.73. The third-order valence-electron chi connectivity index (χ3n) is 4.73. The molecule has 7 nitrogen and oxygen atoms in total. The number of alkyl halides is 3. The van der Waals surface area contributed by atoms with Gasteiger partial charge in [-0.15, -0.1) is 15.3 Å². The first-order chi connectivity index (χ1) is 13.7. The number of nitrogens with zero attached hydrogens (tertiary/aromatic N) is 5. The van der Waals surface area contributed by atoms with Gasteiger partial charge in [0.15, 0.2) is 5.82 Å². The van der Waals surface area contributed by atoms with E-state index in [0.29, 0.717) is 35.9 Å². The number of phenolic OH excluding ortho intramolecular Hbond substituents is 1. The standard InChI is InChI=1S/C19H18F3N5O2/c1-10-8-27(9-11(2)29-10)18-17-14(5-6-23-24-17)16(25-26-18)13-4-3-12(7-15(13)28)19(20,21)22/h3-7,10-11,28H,8-9H2,1-2H3. The topological polar surface area (TPSA) is 84.3 Å². The molecule has 2 atom stereocenters. The average molecular weight is 405 g/mol. The molecule has 1 aliphatic rings. The lowest BCUT2D eigenvalue weighted by Crippen LogP contribution is -2.46. The van der Waals surface area contributed by atoms with Crippen LogP contribution in [-0.2, 0) is 10.9 Å². The van der Waals surface area contributed by atoms with Crippen LogP contribution in [-0.4, -0.2) is 50.8 Å². The molecule has 2 unspecified atom stereocenters. The zero-order chi connectivity index (χ0) is 20.8. The lowest BCUT2D eigenvalue weighted by Gasteiger charge is -2.36. The Bertz CT molecular complexity index is 1050. The number of hydrogen-bond acceptors (Lipinski definition) is 7. The highest BCUT2D eigenvalue weighted by atomic mass is 19.4. The van der Waals surface area contributed by atoms with Crippen molar-refractivity contribution in [3.8, 4) is 17.0 Å². The van der Waals surface area contributed by atoms with Crippen molar-refractivity contribution in [3.05, 3.63) is 36.0 Å². The van der Waals surface area contributed by atoms with Crippen molar-refractivity contribution < 1.29 is 23.0 Å². The third kappa shape index (κ3) is 3.67. The predicted molar refractivity (Wildman–Crippen MR) is 99.5 cm³/mol. The Morgan fingerprint density at radius 2 is 1.79 bits per heavy atom. The number of halogens is 3. The van der Waals surface area contributed by atoms with Gasteiger partial charge in [-0.1, -0.05) is 0 Å². The maximum atomic E-state index is 12.9. The molecule has 0 radical (unpaired) electrons. The molecule has 1 aromatic carbocycles. The van der Waals surface area contributed by atoms with E-state index in [0.717, 1.165) is 6.07 Å². The van der Waals surface area contributed by atoms with Crippen LogP contribution in [0.5, 0.6) is 5.75 Å². The number of benzene rings is 1. The van der Waals surface area contributed by atoms with Crippen molar-refractivity contribution >= 4 is 16.7 Å². The number of fused-ring (bicyclic) bond motifs is 1. The van der Waals surface area contributed by atoms with E-state index in [9.17, 15) is 18.3 Å². The van der Waals surface area contributed by atoms with Gasteiger partial charge in [0.2, 0.25) is 0 Å². The summed E-state index contributed by atoms with van der Waals surface area (Å²) in [7, 11) is 0. The highest BCUT2D eigenvalue weighted by Crippen LogP contribution is 2.38. The lowest BCUT2D eigenvalue weighted by molar-refractivity contribution is -0.137. The molecule has 0 aliphatic carbocycles. The van der Waals surface area contributed by atoms with Crippen molar-refractivity contribution in [3.63, 3.8) is 0 Å². The maximum absolute atomic E-state index is 12.9. The van der Waals surface area contributed by atoms with E-state index in [2.05, 4.69) is 20.4 Å². The van der Waals surface area contributed by atoms with Gasteiger partial charge in [-0.3, -0.25) is 0 Å². The van der Waals surface area contributed by atoms with Gasteiger partial charge in [-0.25, -0.2) is 0 Å². The summed E-state index contributed by atoms with van der Waals surface area (Å²) in [5, 5.41) is 27.4. The van der Waals surface area contributed by atoms with Crippen LogP contribution in [0, 0.1) is 0 Å². The van der Waals surface area contributed by atoms with Crippen LogP contribution in [0.4, 0.5) is 19.0 Å². The molecule has 3 aromatic rings. The molecule has 4 rings (SSSR count). The number of morpholine rings is 1. The second-order valence-corrected chi connectivity index (χ2v) is 7.06. The second kappa shape index (κ2) is 7.11. The molecule has 29 heavy (non-hydrogen) atoms. The average Bonchev–Trinajstić information content (AvgIpc) is 2.66. The summed E-state index contributed by atoms with van der Waals surface area (Å²) in [5.41, 5.74) is -0.111. The number of phenols is 1. The van der Waals surface area contributed by atoms with Gasteiger partial charge >= 0.3 is 6.18 Å². The molecule has 2 aromatic heterocycles. The van der Waals surface area contributed by atoms with Crippen molar-refractivity contribution in [1.29, 1.82) is 0 Å². The van der Waals surface area contributed by atoms with Crippen molar-refractivity contribution in [2.45, 2.75) is 32.2 Å². The lowest BCUT2D eigenvalue weighted by atomic mass is 10.0. The normalized spacial score (nSPS) is 20.2. The summed E-state index contributed by atoms with van der Waals surface area (Å²) in [5.74, 6) is -0.0149. The number of ether oxygens (including phenoxy) is 1. The number of hydrogen-bond donors (Lipinski definition) is 1. The number of aromatic hydroxyl groups is 1. The Labute approximate surface area is 164 Å². The molecule has 0 spiro atoms. The number of aromatic nitrogens is 4. The summed E-state index contributed by atoms with van der Waals surface area (Å²) in [6.45, 7) is 5.10. The first-order valence-corrected chi connectivity index (χ1v) is 9.03. The molecule has 0 bridgehead atoms. The van der Waals surface area contributed by atoms with Gasteiger partial charge in [-0.05, 0) is 38.1 Å². The van der Waals surface area contributed by atoms with E-state index >= 15 is 0 Å². The van der Waals surface area contributed by atoms with E-state index in [1.54, 1.807) is 6.07 Å². The van der Waals surface area contributed by atoms with E-state index < -0.39 is 17.5 Å². The minimum Gasteiger partial charge on any atom is -0.507 e. The Balaban J connectivity index is 1.82. The zero-order valence-electron chi connectivity index (χ0n) is 15.7. The third-order valence-corrected chi connectivity index (χ3v) is 4.73. The van der Waals surface area contributed by atoms with E-state index in [4.69, 9.17) is 4.74 Å². The zero-order valence-corrected chi connectivity index (χ0v) is 15.7. The van der Waals surface area contributed by atoms with Gasteiger partial charge in [0.05, 0.1) is 24.0 Å². The van der Waals surface area contributed by atoms with Gasteiger partial charge < -0.3 is 14.7 Å². The largest absolute Gasteiger partial charge is 0.507 e. The fourth-order valence-electron chi connectivity index (χ4n) is 3.56. The van der Waals surface area contributed by atoms with Crippen LogP contribution in [0.2, 0.25) is 0 Å². The molecule has 10 heteroatoms. The first-order valence-electron chi connectivity index (χ1n) is 9.03. The van der Waals surface area contributed by atoms with E-state index in [1.165, 1.54) is 12.3 Å². The van der Waals surface area contributed by atoms with Gasteiger partial charge in [0, 0.05) is 24.0 Å². The molecule has 152 valence electrons. The minimum absolute atomic E-state index is 0.00842. The van der Waals surface area contributed by atoms with Crippen molar-refractivity contribution in [1.82, 2.24) is 20.4 Å². The van der Waals surface area contributed by atoms with E-state index in [-0.39, 0.29) is 23.5 Å². The van der Waals surface area contributed by atoms with Crippen LogP contribution in [0.15, 0.2) is 30.5 Å². The molecular weight excluding hydrogens is 387 g/mol. The molecule has 1 fully saturated rings. The monoisotopic (exact) mass is 405 g/mol. The molecule has 3 heterocycles. The summed E-state index contributed by atoms with van der Waals surface area (Å²) >= 11 is 0. The van der Waals surface area contributed by atoms with Crippen molar-refractivity contribution in [2.24, 2.45) is 0 Å². The summed E-state index contributed by atoms with van der Waals surface area (Å²) < 4.78 is 44.5. The fraction of sp³-hybridized carbons (Fsp3) is 0.368. The Hall–Kier alpha value is -3.01. The van der Waals surface area contributed by atoms with Crippen LogP contribution in [0.25, 0.3) is 22.2 Å². The molecule has 0 saturated carbocycles. The minimum atomic E-state index is -4.55. The molecule has 1 N–H and O–H groups in total. The fourth-order valence-corrected chi connectivity index (χ4v) is 3.56. The van der Waals surface area contributed by atoms with E-state index in [1.807, 2.05) is 18.7 Å². The SMILES string of the molecule is CC1CN(c2nnc(-c3ccc(C(F)(F)F)cc3O)c3ccnnc23)CC(C)O1. The van der Waals surface area contributed by atoms with Crippen LogP contribution in [0.3, 0.4) is 0 Å². The van der Waals surface area contributed by atoms with Crippen LogP contribution in [0.1, 0.15) is 19.4 Å². The van der Waals surface area contributed by atoms with Crippen LogP contribution < -0.4 is 4.90 Å². The quantitative estimate of drug-likeness (QED) is 0.699. The number of anilines is 1. The first kappa shape index (κ1) is 19.3. The molecule has 1 aliphatic heterocycles. The summed E-state index contributed by atoms with van der Waals surface area (Å²) in [6.07, 6.45) is -3.11. The Morgan fingerprint density at radius 1 is 1.07 bits per heavy atom. The van der Waals surface area contributed by atoms with Gasteiger partial charge in [0.25, 0.3) is 0 Å². The molecular formula is C19H18F3N5O2. The summed E-state index contributed by atoms with van der Waals surface area (Å²) in [6, 6.07) is 4.41. The summed E-state index contributed by atoms with van der Waals surface area (Å²) in [4.78, 5) is 2.00. The highest BCUT2D eigenvalue weighted by Gasteiger charge is 2.32. The Morgan fingerprint density at radius 3 is 2.45 bits per heavy atom. The second-order valence-electron chi connectivity index (χ2n) is 7.06.